The van der Waals surface area contributed by atoms with Gasteiger partial charge in [0.15, 0.2) is 0 Å². The fourth-order valence-corrected chi connectivity index (χ4v) is 2.72. The second kappa shape index (κ2) is 4.00. The average molecular weight is 239 g/mol. The van der Waals surface area contributed by atoms with Gasteiger partial charge in [0.2, 0.25) is 0 Å². The van der Waals surface area contributed by atoms with E-state index in [1.54, 1.807) is 4.90 Å². The lowest BCUT2D eigenvalue weighted by atomic mass is 10.1. The molecule has 0 N–H and O–H groups in total. The molecule has 2 rings (SSSR count). The normalized spacial score (nSPS) is 31.1. The highest BCUT2D eigenvalue weighted by Crippen LogP contribution is 2.52. The lowest BCUT2D eigenvalue weighted by Gasteiger charge is -2.25. The monoisotopic (exact) mass is 239 g/mol. The van der Waals surface area contributed by atoms with Gasteiger partial charge in [-0.2, -0.15) is 0 Å². The quantitative estimate of drug-likeness (QED) is 0.741. The summed E-state index contributed by atoms with van der Waals surface area (Å²) in [5, 5.41) is 0. The van der Waals surface area contributed by atoms with Crippen LogP contribution in [-0.2, 0) is 9.53 Å². The van der Waals surface area contributed by atoms with E-state index < -0.39 is 5.60 Å². The minimum Gasteiger partial charge on any atom is -0.444 e. The van der Waals surface area contributed by atoms with Crippen LogP contribution in [0.2, 0.25) is 0 Å². The zero-order chi connectivity index (χ0) is 12.8. The first-order valence-electron chi connectivity index (χ1n) is 6.34. The van der Waals surface area contributed by atoms with E-state index in [1.807, 2.05) is 27.7 Å². The van der Waals surface area contributed by atoms with Crippen LogP contribution in [0.1, 0.15) is 34.1 Å². The lowest BCUT2D eigenvalue weighted by Crippen LogP contribution is -2.37. The van der Waals surface area contributed by atoms with Gasteiger partial charge in [0, 0.05) is 25.4 Å². The number of nitrogens with zero attached hydrogens (tertiary/aromatic N) is 1. The van der Waals surface area contributed by atoms with Crippen LogP contribution in [0.15, 0.2) is 0 Å². The molecule has 1 aliphatic carbocycles. The molecule has 4 heteroatoms. The third-order valence-electron chi connectivity index (χ3n) is 3.57. The van der Waals surface area contributed by atoms with E-state index in [9.17, 15) is 9.59 Å². The number of rotatable bonds is 2. The number of ketones is 1. The third kappa shape index (κ3) is 2.45. The van der Waals surface area contributed by atoms with E-state index in [2.05, 4.69) is 0 Å². The van der Waals surface area contributed by atoms with Gasteiger partial charge in [0.1, 0.15) is 11.4 Å². The predicted octanol–water partition coefficient (Wildman–Crippen LogP) is 2.08. The van der Waals surface area contributed by atoms with Crippen molar-refractivity contribution in [1.82, 2.24) is 4.90 Å². The molecule has 0 aromatic carbocycles. The van der Waals surface area contributed by atoms with Crippen LogP contribution in [-0.4, -0.2) is 35.5 Å². The zero-order valence-corrected chi connectivity index (χ0v) is 11.0. The summed E-state index contributed by atoms with van der Waals surface area (Å²) in [4.78, 5) is 25.1. The van der Waals surface area contributed by atoms with Gasteiger partial charge >= 0.3 is 6.09 Å². The van der Waals surface area contributed by atoms with Gasteiger partial charge < -0.3 is 9.64 Å². The van der Waals surface area contributed by atoms with Gasteiger partial charge in [0.25, 0.3) is 0 Å². The molecule has 4 nitrogen and oxygen atoms in total. The molecule has 2 aliphatic rings. The smallest absolute Gasteiger partial charge is 0.410 e. The summed E-state index contributed by atoms with van der Waals surface area (Å²) in [5.41, 5.74) is -0.442. The molecule has 17 heavy (non-hydrogen) atoms. The van der Waals surface area contributed by atoms with Crippen LogP contribution >= 0.6 is 0 Å². The molecule has 96 valence electrons. The van der Waals surface area contributed by atoms with Crippen molar-refractivity contribution in [2.24, 2.45) is 17.8 Å². The summed E-state index contributed by atoms with van der Waals surface area (Å²) in [6.45, 7) is 8.88. The molecule has 2 atom stereocenters. The molecule has 1 saturated heterocycles. The minimum atomic E-state index is -0.442. The molecule has 1 aliphatic heterocycles. The maximum atomic E-state index is 11.8. The van der Waals surface area contributed by atoms with Crippen LogP contribution in [0.5, 0.6) is 0 Å². The van der Waals surface area contributed by atoms with Gasteiger partial charge in [-0.25, -0.2) is 4.79 Å². The number of carbonyl (C=O) groups is 2. The lowest BCUT2D eigenvalue weighted by molar-refractivity contribution is -0.120. The summed E-state index contributed by atoms with van der Waals surface area (Å²) in [6.07, 6.45) is 0.372. The highest BCUT2D eigenvalue weighted by Gasteiger charge is 2.59. The summed E-state index contributed by atoms with van der Waals surface area (Å²) in [5.74, 6) is 1.37. The molecule has 0 aromatic heterocycles. The Hall–Kier alpha value is -1.06. The summed E-state index contributed by atoms with van der Waals surface area (Å²) in [7, 11) is 0. The van der Waals surface area contributed by atoms with Crippen molar-refractivity contribution < 1.29 is 14.3 Å². The SMILES string of the molecule is CCC(=O)C1C2CN(C(=O)OC(C)(C)C)CC21. The summed E-state index contributed by atoms with van der Waals surface area (Å²) in [6, 6.07) is 0. The second-order valence-electron chi connectivity index (χ2n) is 6.06. The fourth-order valence-electron chi connectivity index (χ4n) is 2.72. The third-order valence-corrected chi connectivity index (χ3v) is 3.57. The number of hydrogen-bond acceptors (Lipinski definition) is 3. The molecule has 2 unspecified atom stereocenters. The van der Waals surface area contributed by atoms with Crippen molar-refractivity contribution in [3.63, 3.8) is 0 Å². The number of amides is 1. The topological polar surface area (TPSA) is 46.6 Å². The van der Waals surface area contributed by atoms with E-state index in [-0.39, 0.29) is 12.0 Å². The largest absolute Gasteiger partial charge is 0.444 e. The zero-order valence-electron chi connectivity index (χ0n) is 11.0. The van der Waals surface area contributed by atoms with E-state index in [0.717, 1.165) is 0 Å². The van der Waals surface area contributed by atoms with Crippen molar-refractivity contribution in [2.45, 2.75) is 39.7 Å². The first-order chi connectivity index (χ1) is 7.83. The van der Waals surface area contributed by atoms with Crippen LogP contribution in [0, 0.1) is 17.8 Å². The maximum absolute atomic E-state index is 11.8. The number of hydrogen-bond donors (Lipinski definition) is 0. The van der Waals surface area contributed by atoms with Crippen molar-refractivity contribution in [3.05, 3.63) is 0 Å². The van der Waals surface area contributed by atoms with Crippen LogP contribution in [0.25, 0.3) is 0 Å². The first kappa shape index (κ1) is 12.4. The number of piperidine rings is 1. The molecule has 0 bridgehead atoms. The van der Waals surface area contributed by atoms with Crippen LogP contribution < -0.4 is 0 Å². The van der Waals surface area contributed by atoms with Crippen LogP contribution in [0.3, 0.4) is 0 Å². The highest BCUT2D eigenvalue weighted by molar-refractivity contribution is 5.85. The number of Topliss-reactive ketones (excluding diaryl/α,β-unsaturated/α-hetero) is 1. The van der Waals surface area contributed by atoms with E-state index >= 15 is 0 Å². The van der Waals surface area contributed by atoms with Crippen molar-refractivity contribution >= 4 is 11.9 Å². The Kier molecular flexibility index (Phi) is 2.92. The Balaban J connectivity index is 1.83. The highest BCUT2D eigenvalue weighted by atomic mass is 16.6. The van der Waals surface area contributed by atoms with Gasteiger partial charge in [-0.05, 0) is 32.6 Å². The molecular formula is C13H21NO3. The Labute approximate surface area is 102 Å². The van der Waals surface area contributed by atoms with E-state index in [0.29, 0.717) is 37.1 Å². The van der Waals surface area contributed by atoms with Gasteiger partial charge in [-0.15, -0.1) is 0 Å². The molecule has 2 fully saturated rings. The number of carbonyl (C=O) groups excluding carboxylic acids is 2. The second-order valence-corrected chi connectivity index (χ2v) is 6.06. The Morgan fingerprint density at radius 3 is 2.18 bits per heavy atom. The molecule has 0 radical (unpaired) electrons. The van der Waals surface area contributed by atoms with E-state index in [1.165, 1.54) is 0 Å². The Bertz CT molecular complexity index is 333. The number of fused-ring (bicyclic) bond motifs is 1. The van der Waals surface area contributed by atoms with Crippen molar-refractivity contribution in [2.75, 3.05) is 13.1 Å². The van der Waals surface area contributed by atoms with Crippen LogP contribution in [0.4, 0.5) is 4.79 Å². The van der Waals surface area contributed by atoms with Gasteiger partial charge in [0.05, 0.1) is 0 Å². The summed E-state index contributed by atoms with van der Waals surface area (Å²) < 4.78 is 5.31. The van der Waals surface area contributed by atoms with Gasteiger partial charge in [-0.1, -0.05) is 6.92 Å². The number of ether oxygens (including phenoxy) is 1. The van der Waals surface area contributed by atoms with Crippen molar-refractivity contribution in [3.8, 4) is 0 Å². The van der Waals surface area contributed by atoms with E-state index in [4.69, 9.17) is 4.74 Å². The number of likely N-dealkylation sites (tertiary alicyclic amines) is 1. The molecule has 1 saturated carbocycles. The molecule has 1 amide bonds. The molecule has 1 heterocycles. The average Bonchev–Trinajstić information content (AvgIpc) is 2.69. The molecular weight excluding hydrogens is 218 g/mol. The first-order valence-corrected chi connectivity index (χ1v) is 6.34. The molecule has 0 aromatic rings. The Morgan fingerprint density at radius 2 is 1.76 bits per heavy atom. The van der Waals surface area contributed by atoms with Crippen molar-refractivity contribution in [1.29, 1.82) is 0 Å². The maximum Gasteiger partial charge on any atom is 0.410 e. The van der Waals surface area contributed by atoms with Gasteiger partial charge in [-0.3, -0.25) is 4.79 Å². The Morgan fingerprint density at radius 1 is 1.24 bits per heavy atom. The predicted molar refractivity (Wildman–Crippen MR) is 63.6 cm³/mol. The standard InChI is InChI=1S/C13H21NO3/c1-5-10(15)11-8-6-14(7-9(8)11)12(16)17-13(2,3)4/h8-9,11H,5-7H2,1-4H3. The summed E-state index contributed by atoms with van der Waals surface area (Å²) >= 11 is 0. The minimum absolute atomic E-state index is 0.221. The molecule has 0 spiro atoms. The fraction of sp³-hybridized carbons (Fsp3) is 0.846.